The number of aromatic nitrogens is 1. The number of aromatic hydroxyl groups is 1. The van der Waals surface area contributed by atoms with Gasteiger partial charge < -0.3 is 5.11 Å². The molecule has 1 aromatic rings. The van der Waals surface area contributed by atoms with Crippen molar-refractivity contribution in [3.8, 4) is 5.75 Å². The van der Waals surface area contributed by atoms with Crippen molar-refractivity contribution < 1.29 is 13.9 Å². The van der Waals surface area contributed by atoms with Crippen molar-refractivity contribution in [3.63, 3.8) is 0 Å². The molecule has 0 atom stereocenters. The highest BCUT2D eigenvalue weighted by atomic mass is 19.2. The Morgan fingerprint density at radius 1 is 1.09 bits per heavy atom. The molecule has 0 fully saturated rings. The predicted octanol–water partition coefficient (Wildman–Crippen LogP) is 1.68. The fourth-order valence-electron chi connectivity index (χ4n) is 0.775. The molecule has 4 heteroatoms. The molecule has 1 N–H and O–H groups in total. The Kier molecular flexibility index (Phi) is 1.76. The second-order valence-corrected chi connectivity index (χ2v) is 2.26. The normalized spacial score (nSPS) is 10.2. The summed E-state index contributed by atoms with van der Waals surface area (Å²) >= 11 is 0. The number of nitrogens with zero attached hydrogens (tertiary/aromatic N) is 1. The molecule has 0 radical (unpaired) electrons. The largest absolute Gasteiger partial charge is 0.503 e. The molecule has 11 heavy (non-hydrogen) atoms. The number of pyridine rings is 1. The molecule has 0 aliphatic heterocycles. The molecule has 0 aliphatic carbocycles. The van der Waals surface area contributed by atoms with Gasteiger partial charge in [-0.2, -0.15) is 4.39 Å². The molecule has 1 rings (SSSR count). The quantitative estimate of drug-likeness (QED) is 0.624. The SMILES string of the molecule is Cc1nc(C)c(F)c(F)c1O. The van der Waals surface area contributed by atoms with Crippen LogP contribution in [-0.4, -0.2) is 10.1 Å². The van der Waals surface area contributed by atoms with Crippen molar-refractivity contribution in [3.05, 3.63) is 23.0 Å². The molecule has 0 saturated carbocycles. The first kappa shape index (κ1) is 7.91. The number of rotatable bonds is 0. The summed E-state index contributed by atoms with van der Waals surface area (Å²) in [6.07, 6.45) is 0. The summed E-state index contributed by atoms with van der Waals surface area (Å²) in [6.45, 7) is 2.75. The van der Waals surface area contributed by atoms with Gasteiger partial charge in [-0.1, -0.05) is 0 Å². The van der Waals surface area contributed by atoms with Gasteiger partial charge in [0, 0.05) is 0 Å². The van der Waals surface area contributed by atoms with Crippen LogP contribution < -0.4 is 0 Å². The number of hydrogen-bond donors (Lipinski definition) is 1. The zero-order chi connectivity index (χ0) is 8.59. The van der Waals surface area contributed by atoms with Gasteiger partial charge >= 0.3 is 0 Å². The smallest absolute Gasteiger partial charge is 0.204 e. The van der Waals surface area contributed by atoms with Gasteiger partial charge in [-0.05, 0) is 13.8 Å². The van der Waals surface area contributed by atoms with Crippen LogP contribution in [0.15, 0.2) is 0 Å². The Balaban J connectivity index is 3.46. The summed E-state index contributed by atoms with van der Waals surface area (Å²) in [5, 5.41) is 8.83. The molecule has 1 heterocycles. The minimum absolute atomic E-state index is 0.0437. The van der Waals surface area contributed by atoms with Crippen molar-refractivity contribution in [2.24, 2.45) is 0 Å². The third-order valence-corrected chi connectivity index (χ3v) is 1.40. The Labute approximate surface area is 62.5 Å². The fourth-order valence-corrected chi connectivity index (χ4v) is 0.775. The molecule has 0 bridgehead atoms. The van der Waals surface area contributed by atoms with Crippen molar-refractivity contribution >= 4 is 0 Å². The molecular weight excluding hydrogens is 152 g/mol. The second kappa shape index (κ2) is 2.45. The zero-order valence-electron chi connectivity index (χ0n) is 6.15. The van der Waals surface area contributed by atoms with E-state index >= 15 is 0 Å². The fraction of sp³-hybridized carbons (Fsp3) is 0.286. The van der Waals surface area contributed by atoms with Gasteiger partial charge in [0.2, 0.25) is 5.82 Å². The molecule has 1 aromatic heterocycles. The first-order valence-corrected chi connectivity index (χ1v) is 3.05. The average Bonchev–Trinajstić information content (AvgIpc) is 1.97. The monoisotopic (exact) mass is 159 g/mol. The maximum Gasteiger partial charge on any atom is 0.204 e. The molecule has 0 aromatic carbocycles. The van der Waals surface area contributed by atoms with E-state index in [4.69, 9.17) is 5.11 Å². The van der Waals surface area contributed by atoms with Gasteiger partial charge in [-0.25, -0.2) is 4.39 Å². The highest BCUT2D eigenvalue weighted by Crippen LogP contribution is 2.22. The van der Waals surface area contributed by atoms with Crippen LogP contribution in [0.4, 0.5) is 8.78 Å². The molecule has 2 nitrogen and oxygen atoms in total. The van der Waals surface area contributed by atoms with Gasteiger partial charge in [0.1, 0.15) is 0 Å². The number of halogens is 2. The summed E-state index contributed by atoms with van der Waals surface area (Å²) in [5.74, 6) is -3.03. The zero-order valence-corrected chi connectivity index (χ0v) is 6.15. The summed E-state index contributed by atoms with van der Waals surface area (Å²) < 4.78 is 25.2. The van der Waals surface area contributed by atoms with E-state index in [0.717, 1.165) is 0 Å². The van der Waals surface area contributed by atoms with Crippen molar-refractivity contribution in [2.45, 2.75) is 13.8 Å². The summed E-state index contributed by atoms with van der Waals surface area (Å²) in [7, 11) is 0. The van der Waals surface area contributed by atoms with Crippen LogP contribution >= 0.6 is 0 Å². The van der Waals surface area contributed by atoms with Gasteiger partial charge in [0.15, 0.2) is 11.6 Å². The number of aryl methyl sites for hydroxylation is 2. The van der Waals surface area contributed by atoms with E-state index < -0.39 is 17.4 Å². The van der Waals surface area contributed by atoms with Crippen LogP contribution in [-0.2, 0) is 0 Å². The Bertz CT molecular complexity index is 273. The van der Waals surface area contributed by atoms with E-state index in [1.54, 1.807) is 0 Å². The Morgan fingerprint density at radius 3 is 2.18 bits per heavy atom. The van der Waals surface area contributed by atoms with Gasteiger partial charge in [-0.15, -0.1) is 0 Å². The maximum absolute atomic E-state index is 12.6. The summed E-state index contributed by atoms with van der Waals surface area (Å²) in [6, 6.07) is 0. The highest BCUT2D eigenvalue weighted by Gasteiger charge is 2.13. The van der Waals surface area contributed by atoms with Crippen molar-refractivity contribution in [1.29, 1.82) is 0 Å². The van der Waals surface area contributed by atoms with Gasteiger partial charge in [0.05, 0.1) is 11.4 Å². The first-order chi connectivity index (χ1) is 5.04. The standard InChI is InChI=1S/C7H7F2NO/c1-3-5(8)6(9)7(11)4(2)10-3/h11H,1-2H3. The lowest BCUT2D eigenvalue weighted by atomic mass is 10.3. The lowest BCUT2D eigenvalue weighted by Gasteiger charge is -2.02. The Hall–Kier alpha value is -1.19. The third kappa shape index (κ3) is 1.15. The summed E-state index contributed by atoms with van der Waals surface area (Å²) in [4.78, 5) is 3.57. The summed E-state index contributed by atoms with van der Waals surface area (Å²) in [5.41, 5.74) is 0.0548. The average molecular weight is 159 g/mol. The lowest BCUT2D eigenvalue weighted by molar-refractivity contribution is 0.395. The molecule has 0 aliphatic rings. The molecule has 0 saturated heterocycles. The van der Waals surface area contributed by atoms with E-state index in [-0.39, 0.29) is 11.4 Å². The number of hydrogen-bond acceptors (Lipinski definition) is 2. The minimum Gasteiger partial charge on any atom is -0.503 e. The molecular formula is C7H7F2NO. The van der Waals surface area contributed by atoms with Crippen LogP contribution in [0.25, 0.3) is 0 Å². The maximum atomic E-state index is 12.6. The highest BCUT2D eigenvalue weighted by molar-refractivity contribution is 5.29. The van der Waals surface area contributed by atoms with Crippen molar-refractivity contribution in [2.75, 3.05) is 0 Å². The first-order valence-electron chi connectivity index (χ1n) is 3.05. The van der Waals surface area contributed by atoms with E-state index in [2.05, 4.69) is 4.98 Å². The lowest BCUT2D eigenvalue weighted by Crippen LogP contribution is -1.96. The molecule has 0 amide bonds. The van der Waals surface area contributed by atoms with Crippen LogP contribution in [0.1, 0.15) is 11.4 Å². The molecule has 60 valence electrons. The Morgan fingerprint density at radius 2 is 1.64 bits per heavy atom. The predicted molar refractivity (Wildman–Crippen MR) is 35.3 cm³/mol. The van der Waals surface area contributed by atoms with E-state index in [9.17, 15) is 8.78 Å². The van der Waals surface area contributed by atoms with Gasteiger partial charge in [0.25, 0.3) is 0 Å². The molecule has 0 spiro atoms. The topological polar surface area (TPSA) is 33.1 Å². The van der Waals surface area contributed by atoms with Crippen LogP contribution in [0.5, 0.6) is 5.75 Å². The van der Waals surface area contributed by atoms with Crippen LogP contribution in [0.2, 0.25) is 0 Å². The van der Waals surface area contributed by atoms with Crippen molar-refractivity contribution in [1.82, 2.24) is 4.98 Å². The van der Waals surface area contributed by atoms with E-state index in [0.29, 0.717) is 0 Å². The van der Waals surface area contributed by atoms with Gasteiger partial charge in [-0.3, -0.25) is 4.98 Å². The van der Waals surface area contributed by atoms with Crippen LogP contribution in [0.3, 0.4) is 0 Å². The minimum atomic E-state index is -1.23. The molecule has 0 unspecified atom stereocenters. The van der Waals surface area contributed by atoms with Crippen LogP contribution in [0, 0.1) is 25.5 Å². The van der Waals surface area contributed by atoms with E-state index in [1.165, 1.54) is 13.8 Å². The van der Waals surface area contributed by atoms with E-state index in [1.807, 2.05) is 0 Å². The third-order valence-electron chi connectivity index (χ3n) is 1.40. The second-order valence-electron chi connectivity index (χ2n) is 2.26.